The molecule has 2 aliphatic rings. The Morgan fingerprint density at radius 1 is 1.22 bits per heavy atom. The van der Waals surface area contributed by atoms with Crippen LogP contribution in [0.3, 0.4) is 0 Å². The van der Waals surface area contributed by atoms with E-state index in [2.05, 4.69) is 58.5 Å². The maximum atomic E-state index is 9.41. The lowest BCUT2D eigenvalue weighted by molar-refractivity contribution is 0.131. The average molecular weight is 560 g/mol. The number of guanidine groups is 1. The quantitative estimate of drug-likeness (QED) is 0.177. The van der Waals surface area contributed by atoms with Gasteiger partial charge in [0.1, 0.15) is 0 Å². The summed E-state index contributed by atoms with van der Waals surface area (Å²) in [6, 6.07) is 8.81. The molecule has 32 heavy (non-hydrogen) atoms. The van der Waals surface area contributed by atoms with Crippen LogP contribution in [0.15, 0.2) is 29.3 Å². The molecule has 0 aromatic heterocycles. The van der Waals surface area contributed by atoms with Crippen molar-refractivity contribution in [3.05, 3.63) is 29.8 Å². The van der Waals surface area contributed by atoms with Crippen LogP contribution in [-0.4, -0.2) is 88.1 Å². The van der Waals surface area contributed by atoms with Gasteiger partial charge in [0, 0.05) is 63.6 Å². The number of benzene rings is 1. The highest BCUT2D eigenvalue weighted by atomic mass is 127. The van der Waals surface area contributed by atoms with Crippen LogP contribution in [0.2, 0.25) is 0 Å². The van der Waals surface area contributed by atoms with Gasteiger partial charge in [-0.1, -0.05) is 12.1 Å². The zero-order chi connectivity index (χ0) is 21.9. The first kappa shape index (κ1) is 27.1. The van der Waals surface area contributed by atoms with Crippen LogP contribution >= 0.6 is 24.0 Å². The van der Waals surface area contributed by atoms with Crippen molar-refractivity contribution in [1.82, 2.24) is 15.5 Å². The molecule has 1 unspecified atom stereocenters. The van der Waals surface area contributed by atoms with Crippen molar-refractivity contribution < 1.29 is 9.84 Å². The molecule has 0 amide bonds. The molecule has 0 saturated carbocycles. The van der Waals surface area contributed by atoms with Crippen LogP contribution in [0.4, 0.5) is 5.69 Å². The summed E-state index contributed by atoms with van der Waals surface area (Å²) >= 11 is 0. The Morgan fingerprint density at radius 3 is 2.69 bits per heavy atom. The van der Waals surface area contributed by atoms with Crippen molar-refractivity contribution in [3.8, 4) is 0 Å². The van der Waals surface area contributed by atoms with E-state index >= 15 is 0 Å². The van der Waals surface area contributed by atoms with Crippen molar-refractivity contribution in [2.75, 3.05) is 77.1 Å². The van der Waals surface area contributed by atoms with E-state index in [4.69, 9.17) is 9.73 Å². The zero-order valence-corrected chi connectivity index (χ0v) is 22.1. The van der Waals surface area contributed by atoms with Gasteiger partial charge in [-0.05, 0) is 57.4 Å². The smallest absolute Gasteiger partial charge is 0.191 e. The molecule has 0 radical (unpaired) electrons. The third-order valence-corrected chi connectivity index (χ3v) is 6.43. The first-order valence-corrected chi connectivity index (χ1v) is 11.9. The SMILES string of the molecule is CCNC(=NCC1(CCO)CCOC1)NCCCN1CCN(c2cccc(C)c2)CC1.I. The first-order chi connectivity index (χ1) is 15.1. The van der Waals surface area contributed by atoms with E-state index in [0.717, 1.165) is 77.6 Å². The molecule has 2 heterocycles. The second-order valence-corrected chi connectivity index (χ2v) is 8.92. The van der Waals surface area contributed by atoms with E-state index in [1.165, 1.54) is 11.3 Å². The number of aryl methyl sites for hydroxylation is 1. The second kappa shape index (κ2) is 14.2. The fourth-order valence-electron chi connectivity index (χ4n) is 4.44. The van der Waals surface area contributed by atoms with Crippen LogP contribution in [0.5, 0.6) is 0 Å². The lowest BCUT2D eigenvalue weighted by atomic mass is 9.84. The number of aliphatic imine (C=N–C) groups is 1. The number of piperazine rings is 1. The van der Waals surface area contributed by atoms with Gasteiger partial charge in [0.15, 0.2) is 5.96 Å². The molecule has 182 valence electrons. The highest BCUT2D eigenvalue weighted by Crippen LogP contribution is 2.32. The summed E-state index contributed by atoms with van der Waals surface area (Å²) in [7, 11) is 0. The number of aliphatic hydroxyl groups is 1. The van der Waals surface area contributed by atoms with Crippen LogP contribution in [0.1, 0.15) is 31.7 Å². The molecule has 7 nitrogen and oxygen atoms in total. The van der Waals surface area contributed by atoms with E-state index in [9.17, 15) is 5.11 Å². The number of rotatable bonds is 10. The molecular formula is C24H42IN5O2. The van der Waals surface area contributed by atoms with Gasteiger partial charge < -0.3 is 25.4 Å². The summed E-state index contributed by atoms with van der Waals surface area (Å²) in [6.07, 6.45) is 2.83. The standard InChI is InChI=1S/C24H41N5O2.HI/c1-3-25-23(27-19-24(8-16-30)9-17-31-20-24)26-10-5-11-28-12-14-29(15-13-28)22-7-4-6-21(2)18-22;/h4,6-7,18,30H,3,5,8-17,19-20H2,1-2H3,(H2,25,26,27);1H. The van der Waals surface area contributed by atoms with Crippen LogP contribution in [0, 0.1) is 12.3 Å². The molecule has 2 saturated heterocycles. The molecular weight excluding hydrogens is 517 g/mol. The minimum absolute atomic E-state index is 0. The van der Waals surface area contributed by atoms with Gasteiger partial charge in [-0.15, -0.1) is 24.0 Å². The Kier molecular flexibility index (Phi) is 12.1. The predicted molar refractivity (Wildman–Crippen MR) is 143 cm³/mol. The number of halogens is 1. The van der Waals surface area contributed by atoms with Gasteiger partial charge in [0.05, 0.1) is 13.2 Å². The Morgan fingerprint density at radius 2 is 2.03 bits per heavy atom. The molecule has 0 bridgehead atoms. The minimum atomic E-state index is -0.00588. The molecule has 3 N–H and O–H groups in total. The highest BCUT2D eigenvalue weighted by molar-refractivity contribution is 14.0. The van der Waals surface area contributed by atoms with Crippen molar-refractivity contribution in [2.45, 2.75) is 33.1 Å². The van der Waals surface area contributed by atoms with Crippen molar-refractivity contribution in [1.29, 1.82) is 0 Å². The molecule has 2 fully saturated rings. The minimum Gasteiger partial charge on any atom is -0.396 e. The summed E-state index contributed by atoms with van der Waals surface area (Å²) in [5.74, 6) is 0.871. The molecule has 0 aliphatic carbocycles. The number of anilines is 1. The highest BCUT2D eigenvalue weighted by Gasteiger charge is 2.34. The fraction of sp³-hybridized carbons (Fsp3) is 0.708. The Hall–Kier alpha value is -1.10. The predicted octanol–water partition coefficient (Wildman–Crippen LogP) is 2.47. The number of nitrogens with zero attached hydrogens (tertiary/aromatic N) is 3. The number of ether oxygens (including phenoxy) is 1. The molecule has 2 aliphatic heterocycles. The normalized spacial score (nSPS) is 22.0. The lowest BCUT2D eigenvalue weighted by Crippen LogP contribution is -2.47. The Balaban J connectivity index is 0.00000363. The van der Waals surface area contributed by atoms with Crippen molar-refractivity contribution >= 4 is 35.6 Å². The average Bonchev–Trinajstić information content (AvgIpc) is 3.24. The van der Waals surface area contributed by atoms with Gasteiger partial charge in [-0.25, -0.2) is 0 Å². The van der Waals surface area contributed by atoms with Gasteiger partial charge in [0.2, 0.25) is 0 Å². The van der Waals surface area contributed by atoms with Crippen LogP contribution in [0.25, 0.3) is 0 Å². The molecule has 3 rings (SSSR count). The van der Waals surface area contributed by atoms with Crippen molar-refractivity contribution in [3.63, 3.8) is 0 Å². The summed E-state index contributed by atoms with van der Waals surface area (Å²) in [4.78, 5) is 9.86. The van der Waals surface area contributed by atoms with E-state index in [1.807, 2.05) is 0 Å². The first-order valence-electron chi connectivity index (χ1n) is 11.9. The third-order valence-electron chi connectivity index (χ3n) is 6.43. The largest absolute Gasteiger partial charge is 0.396 e. The van der Waals surface area contributed by atoms with Gasteiger partial charge >= 0.3 is 0 Å². The van der Waals surface area contributed by atoms with E-state index < -0.39 is 0 Å². The molecule has 0 spiro atoms. The Bertz CT molecular complexity index is 689. The summed E-state index contributed by atoms with van der Waals surface area (Å²) in [6.45, 7) is 13.9. The summed E-state index contributed by atoms with van der Waals surface area (Å²) in [5.41, 5.74) is 2.67. The Labute approximate surface area is 211 Å². The van der Waals surface area contributed by atoms with Gasteiger partial charge in [-0.2, -0.15) is 0 Å². The molecule has 8 heteroatoms. The van der Waals surface area contributed by atoms with Gasteiger partial charge in [-0.3, -0.25) is 9.89 Å². The monoisotopic (exact) mass is 559 g/mol. The summed E-state index contributed by atoms with van der Waals surface area (Å²) < 4.78 is 5.58. The number of nitrogens with one attached hydrogen (secondary N) is 2. The zero-order valence-electron chi connectivity index (χ0n) is 19.8. The number of aliphatic hydroxyl groups excluding tert-OH is 1. The van der Waals surface area contributed by atoms with Gasteiger partial charge in [0.25, 0.3) is 0 Å². The van der Waals surface area contributed by atoms with Crippen LogP contribution < -0.4 is 15.5 Å². The molecule has 1 aromatic rings. The topological polar surface area (TPSA) is 72.4 Å². The second-order valence-electron chi connectivity index (χ2n) is 8.92. The van der Waals surface area contributed by atoms with E-state index in [0.29, 0.717) is 13.2 Å². The molecule has 1 atom stereocenters. The van der Waals surface area contributed by atoms with E-state index in [-0.39, 0.29) is 36.0 Å². The third kappa shape index (κ3) is 8.35. The van der Waals surface area contributed by atoms with Crippen molar-refractivity contribution in [2.24, 2.45) is 10.4 Å². The fourth-order valence-corrected chi connectivity index (χ4v) is 4.44. The summed E-state index contributed by atoms with van der Waals surface area (Å²) in [5, 5.41) is 16.2. The molecule has 1 aromatic carbocycles. The van der Waals surface area contributed by atoms with Crippen LogP contribution in [-0.2, 0) is 4.74 Å². The lowest BCUT2D eigenvalue weighted by Gasteiger charge is -2.36. The maximum absolute atomic E-state index is 9.41. The number of hydrogen-bond donors (Lipinski definition) is 3. The maximum Gasteiger partial charge on any atom is 0.191 e. The van der Waals surface area contributed by atoms with E-state index in [1.54, 1.807) is 0 Å². The number of hydrogen-bond acceptors (Lipinski definition) is 5.